The number of fused-ring (bicyclic) bond motifs is 1. The lowest BCUT2D eigenvalue weighted by Crippen LogP contribution is -2.40. The van der Waals surface area contributed by atoms with Gasteiger partial charge in [-0.3, -0.25) is 0 Å². The van der Waals surface area contributed by atoms with Crippen molar-refractivity contribution in [3.63, 3.8) is 0 Å². The number of hydrogen-bond donors (Lipinski definition) is 5. The van der Waals surface area contributed by atoms with Gasteiger partial charge in [-0.2, -0.15) is 4.98 Å². The molecule has 1 fully saturated rings. The van der Waals surface area contributed by atoms with E-state index < -0.39 is 29.8 Å². The van der Waals surface area contributed by atoms with Gasteiger partial charge >= 0.3 is 0 Å². The average Bonchev–Trinajstić information content (AvgIpc) is 3.22. The molecule has 5 rings (SSSR count). The molecule has 2 aromatic carbocycles. The zero-order valence-corrected chi connectivity index (χ0v) is 23.5. The first-order valence-electron chi connectivity index (χ1n) is 13.6. The number of pyridine rings is 1. The van der Waals surface area contributed by atoms with E-state index in [-0.39, 0.29) is 0 Å². The Labute approximate surface area is 234 Å². The Balaban J connectivity index is 1.54. The summed E-state index contributed by atoms with van der Waals surface area (Å²) < 4.78 is 5.53. The molecule has 0 radical (unpaired) electrons. The maximum atomic E-state index is 10.9. The average molecular weight is 544 g/mol. The largest absolute Gasteiger partial charge is 0.496 e. The third-order valence-corrected chi connectivity index (χ3v) is 7.82. The van der Waals surface area contributed by atoms with Crippen LogP contribution < -0.4 is 15.4 Å². The molecule has 0 amide bonds. The van der Waals surface area contributed by atoms with Gasteiger partial charge in [0.05, 0.1) is 41.6 Å². The topological polar surface area (TPSA) is 133 Å². The summed E-state index contributed by atoms with van der Waals surface area (Å²) >= 11 is 0. The SMILES string of the molecule is CCc1ccc(Nc2ncc(-c3ccc4cccc(C)c4n3)c(NC3CC(C(C)(C)O)C(O)C3O)n2)cc1OC. The number of ether oxygens (including phenoxy) is 1. The second-order valence-corrected chi connectivity index (χ2v) is 11.0. The number of nitrogens with zero attached hydrogens (tertiary/aromatic N) is 3. The molecule has 2 aromatic heterocycles. The number of para-hydroxylation sites is 1. The van der Waals surface area contributed by atoms with Crippen molar-refractivity contribution in [1.82, 2.24) is 15.0 Å². The highest BCUT2D eigenvalue weighted by atomic mass is 16.5. The van der Waals surface area contributed by atoms with Gasteiger partial charge in [0.15, 0.2) is 0 Å². The number of hydrogen-bond acceptors (Lipinski definition) is 9. The third-order valence-electron chi connectivity index (χ3n) is 7.82. The van der Waals surface area contributed by atoms with E-state index in [1.54, 1.807) is 27.2 Å². The Morgan fingerprint density at radius 1 is 1.05 bits per heavy atom. The van der Waals surface area contributed by atoms with Crippen molar-refractivity contribution in [1.29, 1.82) is 0 Å². The Morgan fingerprint density at radius 3 is 2.55 bits per heavy atom. The first kappa shape index (κ1) is 27.8. The Kier molecular flexibility index (Phi) is 7.63. The molecule has 4 atom stereocenters. The van der Waals surface area contributed by atoms with Crippen LogP contribution in [0, 0.1) is 12.8 Å². The highest BCUT2D eigenvalue weighted by Gasteiger charge is 2.47. The molecule has 0 bridgehead atoms. The standard InChI is InChI=1S/C31H37N5O4/c1-6-18-10-12-20(14-25(18)40-5)33-30-32-16-21(23-13-11-19-9-7-8-17(2)26(19)34-23)29(36-30)35-24-15-22(31(3,4)39)27(37)28(24)38/h7-14,16,22,24,27-28,37-39H,6,15H2,1-5H3,(H2,32,33,35,36). The lowest BCUT2D eigenvalue weighted by Gasteiger charge is -2.28. The fourth-order valence-electron chi connectivity index (χ4n) is 5.48. The van der Waals surface area contributed by atoms with Gasteiger partial charge in [-0.15, -0.1) is 0 Å². The van der Waals surface area contributed by atoms with Crippen LogP contribution in [0.3, 0.4) is 0 Å². The fourth-order valence-corrected chi connectivity index (χ4v) is 5.48. The van der Waals surface area contributed by atoms with Crippen LogP contribution in [-0.2, 0) is 6.42 Å². The van der Waals surface area contributed by atoms with Crippen molar-refractivity contribution < 1.29 is 20.1 Å². The minimum Gasteiger partial charge on any atom is -0.496 e. The van der Waals surface area contributed by atoms with Crippen molar-refractivity contribution in [3.05, 3.63) is 65.9 Å². The van der Waals surface area contributed by atoms with E-state index >= 15 is 0 Å². The number of aromatic nitrogens is 3. The van der Waals surface area contributed by atoms with Crippen LogP contribution in [0.2, 0.25) is 0 Å². The fraction of sp³-hybridized carbons (Fsp3) is 0.387. The molecule has 0 spiro atoms. The molecule has 1 aliphatic carbocycles. The number of methoxy groups -OCH3 is 1. The molecule has 1 aliphatic rings. The molecule has 0 aliphatic heterocycles. The molecule has 1 saturated carbocycles. The van der Waals surface area contributed by atoms with E-state index in [4.69, 9.17) is 14.7 Å². The number of aliphatic hydroxyl groups excluding tert-OH is 2. The Bertz CT molecular complexity index is 1520. The van der Waals surface area contributed by atoms with Crippen LogP contribution in [0.25, 0.3) is 22.2 Å². The molecule has 9 heteroatoms. The molecule has 2 heterocycles. The van der Waals surface area contributed by atoms with Gasteiger partial charge in [0.2, 0.25) is 5.95 Å². The van der Waals surface area contributed by atoms with E-state index in [9.17, 15) is 15.3 Å². The lowest BCUT2D eigenvalue weighted by molar-refractivity contribution is -0.0601. The maximum Gasteiger partial charge on any atom is 0.229 e. The van der Waals surface area contributed by atoms with E-state index in [2.05, 4.69) is 22.5 Å². The van der Waals surface area contributed by atoms with Crippen LogP contribution in [0.1, 0.15) is 38.3 Å². The van der Waals surface area contributed by atoms with Gasteiger partial charge in [0.25, 0.3) is 0 Å². The van der Waals surface area contributed by atoms with Gasteiger partial charge in [0.1, 0.15) is 17.7 Å². The van der Waals surface area contributed by atoms with Gasteiger partial charge < -0.3 is 30.7 Å². The van der Waals surface area contributed by atoms with Crippen molar-refractivity contribution in [2.45, 2.75) is 64.4 Å². The molecule has 4 aromatic rings. The Hall–Kier alpha value is -3.79. The summed E-state index contributed by atoms with van der Waals surface area (Å²) in [6.07, 6.45) is 0.743. The quantitative estimate of drug-likeness (QED) is 0.216. The number of aryl methyl sites for hydroxylation is 2. The second kappa shape index (κ2) is 11.0. The number of benzene rings is 2. The maximum absolute atomic E-state index is 10.9. The molecule has 40 heavy (non-hydrogen) atoms. The highest BCUT2D eigenvalue weighted by molar-refractivity contribution is 5.85. The van der Waals surface area contributed by atoms with Gasteiger partial charge in [0, 0.05) is 29.3 Å². The molecule has 9 nitrogen and oxygen atoms in total. The van der Waals surface area contributed by atoms with E-state index in [0.29, 0.717) is 29.4 Å². The molecule has 5 N–H and O–H groups in total. The summed E-state index contributed by atoms with van der Waals surface area (Å²) in [5, 5.41) is 39.8. The summed E-state index contributed by atoms with van der Waals surface area (Å²) in [6, 6.07) is 15.3. The van der Waals surface area contributed by atoms with Crippen molar-refractivity contribution in [2.75, 3.05) is 17.7 Å². The number of rotatable bonds is 8. The van der Waals surface area contributed by atoms with E-state index in [1.165, 1.54) is 0 Å². The van der Waals surface area contributed by atoms with Crippen molar-refractivity contribution in [2.24, 2.45) is 5.92 Å². The monoisotopic (exact) mass is 543 g/mol. The molecule has 0 saturated heterocycles. The predicted octanol–water partition coefficient (Wildman–Crippen LogP) is 4.61. The third kappa shape index (κ3) is 5.45. The minimum atomic E-state index is -1.15. The summed E-state index contributed by atoms with van der Waals surface area (Å²) in [5.74, 6) is 1.08. The van der Waals surface area contributed by atoms with Gasteiger partial charge in [-0.1, -0.05) is 37.3 Å². The summed E-state index contributed by atoms with van der Waals surface area (Å²) in [6.45, 7) is 7.39. The van der Waals surface area contributed by atoms with Gasteiger partial charge in [-0.25, -0.2) is 9.97 Å². The van der Waals surface area contributed by atoms with Gasteiger partial charge in [-0.05, 0) is 56.9 Å². The molecular weight excluding hydrogens is 506 g/mol. The Morgan fingerprint density at radius 2 is 1.85 bits per heavy atom. The van der Waals surface area contributed by atoms with Crippen LogP contribution in [-0.4, -0.2) is 61.2 Å². The van der Waals surface area contributed by atoms with Crippen molar-refractivity contribution >= 4 is 28.4 Å². The van der Waals surface area contributed by atoms with E-state index in [1.807, 2.05) is 55.5 Å². The number of nitrogens with one attached hydrogen (secondary N) is 2. The minimum absolute atomic E-state index is 0.349. The predicted molar refractivity (Wildman–Crippen MR) is 157 cm³/mol. The molecular formula is C31H37N5O4. The van der Waals surface area contributed by atoms with Crippen molar-refractivity contribution in [3.8, 4) is 17.0 Å². The van der Waals surface area contributed by atoms with Crippen LogP contribution in [0.4, 0.5) is 17.5 Å². The molecule has 210 valence electrons. The summed E-state index contributed by atoms with van der Waals surface area (Å²) in [5.41, 5.74) is 3.98. The lowest BCUT2D eigenvalue weighted by atomic mass is 9.88. The zero-order chi connectivity index (χ0) is 28.6. The second-order valence-electron chi connectivity index (χ2n) is 11.0. The molecule has 4 unspecified atom stereocenters. The number of anilines is 3. The van der Waals surface area contributed by atoms with Crippen LogP contribution >= 0.6 is 0 Å². The normalized spacial score (nSPS) is 21.0. The van der Waals surface area contributed by atoms with Crippen LogP contribution in [0.15, 0.2) is 54.7 Å². The van der Waals surface area contributed by atoms with Crippen LogP contribution in [0.5, 0.6) is 5.75 Å². The first-order chi connectivity index (χ1) is 19.1. The first-order valence-corrected chi connectivity index (χ1v) is 13.6. The van der Waals surface area contributed by atoms with E-state index in [0.717, 1.165) is 39.9 Å². The number of aliphatic hydroxyl groups is 3. The highest BCUT2D eigenvalue weighted by Crippen LogP contribution is 2.38. The summed E-state index contributed by atoms with van der Waals surface area (Å²) in [7, 11) is 1.64. The zero-order valence-electron chi connectivity index (χ0n) is 23.5. The summed E-state index contributed by atoms with van der Waals surface area (Å²) in [4.78, 5) is 14.3. The smallest absolute Gasteiger partial charge is 0.229 e.